The number of nitrogens with zero attached hydrogens (tertiary/aromatic N) is 4. The third kappa shape index (κ3) is 4.00. The molecule has 3 aromatic heterocycles. The zero-order chi connectivity index (χ0) is 24.7. The van der Waals surface area contributed by atoms with Gasteiger partial charge in [-0.25, -0.2) is 4.98 Å². The van der Waals surface area contributed by atoms with Crippen molar-refractivity contribution in [3.63, 3.8) is 0 Å². The minimum Gasteiger partial charge on any atom is -0.360 e. The fourth-order valence-corrected chi connectivity index (χ4v) is 4.19. The van der Waals surface area contributed by atoms with Crippen molar-refractivity contribution in [1.29, 1.82) is 0 Å². The Morgan fingerprint density at radius 3 is 2.71 bits per heavy atom. The fraction of sp³-hybridized carbons (Fsp3) is 0.0833. The van der Waals surface area contributed by atoms with Gasteiger partial charge in [0.1, 0.15) is 22.5 Å². The van der Waals surface area contributed by atoms with Crippen LogP contribution >= 0.6 is 11.6 Å². The molecule has 0 saturated heterocycles. The second-order valence-corrected chi connectivity index (χ2v) is 8.16. The van der Waals surface area contributed by atoms with Crippen molar-refractivity contribution in [2.24, 2.45) is 0 Å². The van der Waals surface area contributed by atoms with E-state index in [1.165, 1.54) is 22.8 Å². The predicted molar refractivity (Wildman–Crippen MR) is 130 cm³/mol. The number of anilines is 1. The summed E-state index contributed by atoms with van der Waals surface area (Å²) in [5.41, 5.74) is 1.05. The molecule has 0 aliphatic carbocycles. The predicted octanol–water partition coefficient (Wildman–Crippen LogP) is 4.58. The van der Waals surface area contributed by atoms with Gasteiger partial charge in [-0.15, -0.1) is 0 Å². The Bertz CT molecular complexity index is 1710. The van der Waals surface area contributed by atoms with E-state index in [2.05, 4.69) is 15.5 Å². The van der Waals surface area contributed by atoms with E-state index in [0.717, 1.165) is 0 Å². The first-order valence-corrected chi connectivity index (χ1v) is 10.8. The number of benzene rings is 2. The van der Waals surface area contributed by atoms with Gasteiger partial charge >= 0.3 is 0 Å². The van der Waals surface area contributed by atoms with Gasteiger partial charge in [-0.1, -0.05) is 35.0 Å². The van der Waals surface area contributed by atoms with E-state index < -0.39 is 10.8 Å². The Labute approximate surface area is 201 Å². The molecule has 0 spiro atoms. The number of nitro benzene ring substituents is 1. The second kappa shape index (κ2) is 8.65. The fourth-order valence-electron chi connectivity index (χ4n) is 3.93. The Hall–Kier alpha value is -4.57. The van der Waals surface area contributed by atoms with Crippen LogP contribution in [-0.4, -0.2) is 25.5 Å². The average molecular weight is 490 g/mol. The molecule has 174 valence electrons. The van der Waals surface area contributed by atoms with Crippen molar-refractivity contribution in [2.45, 2.75) is 13.3 Å². The highest BCUT2D eigenvalue weighted by Gasteiger charge is 2.20. The summed E-state index contributed by atoms with van der Waals surface area (Å²) < 4.78 is 6.68. The number of pyridine rings is 2. The number of carbonyl (C=O) groups is 1. The summed E-state index contributed by atoms with van der Waals surface area (Å²) in [4.78, 5) is 41.0. The van der Waals surface area contributed by atoms with Crippen molar-refractivity contribution in [3.8, 4) is 5.82 Å². The van der Waals surface area contributed by atoms with Crippen LogP contribution in [0.3, 0.4) is 0 Å². The molecule has 5 aromatic rings. The van der Waals surface area contributed by atoms with Gasteiger partial charge in [0.25, 0.3) is 11.2 Å². The maximum Gasteiger partial charge on any atom is 0.271 e. The van der Waals surface area contributed by atoms with E-state index in [-0.39, 0.29) is 17.7 Å². The molecule has 2 aromatic carbocycles. The summed E-state index contributed by atoms with van der Waals surface area (Å²) in [6, 6.07) is 15.8. The van der Waals surface area contributed by atoms with E-state index in [4.69, 9.17) is 16.1 Å². The summed E-state index contributed by atoms with van der Waals surface area (Å²) in [7, 11) is 0. The molecule has 5 rings (SSSR count). The number of hydrogen-bond acceptors (Lipinski definition) is 7. The third-order valence-corrected chi connectivity index (χ3v) is 5.77. The van der Waals surface area contributed by atoms with Gasteiger partial charge in [0.2, 0.25) is 5.91 Å². The van der Waals surface area contributed by atoms with Crippen LogP contribution in [0.2, 0.25) is 5.02 Å². The molecular formula is C24H16ClN5O5. The Kier molecular flexibility index (Phi) is 5.50. The third-order valence-electron chi connectivity index (χ3n) is 5.45. The van der Waals surface area contributed by atoms with Crippen LogP contribution in [0.25, 0.3) is 27.6 Å². The molecular weight excluding hydrogens is 474 g/mol. The van der Waals surface area contributed by atoms with Crippen molar-refractivity contribution >= 4 is 50.7 Å². The van der Waals surface area contributed by atoms with Crippen molar-refractivity contribution in [2.75, 3.05) is 5.32 Å². The summed E-state index contributed by atoms with van der Waals surface area (Å²) in [5, 5.41) is 18.9. The Balaban J connectivity index is 1.54. The molecule has 0 aliphatic rings. The van der Waals surface area contributed by atoms with Crippen LogP contribution in [0.1, 0.15) is 11.5 Å². The standard InChI is InChI=1S/C24H16ClN5O5/c1-13-21-23(28-35-13)22-17(25)8-4-9-18(22)29(24(21)32)19-10-3-6-15(26-19)12-20(31)27-14-5-2-7-16(11-14)30(33)34/h2-11H,12H2,1H3,(H,27,31). The Morgan fingerprint density at radius 1 is 1.14 bits per heavy atom. The van der Waals surface area contributed by atoms with Crippen molar-refractivity contribution in [1.82, 2.24) is 14.7 Å². The molecule has 0 fully saturated rings. The number of carbonyl (C=O) groups excluding carboxylic acids is 1. The summed E-state index contributed by atoms with van der Waals surface area (Å²) in [6.45, 7) is 1.64. The molecule has 0 radical (unpaired) electrons. The Morgan fingerprint density at radius 2 is 1.91 bits per heavy atom. The average Bonchev–Trinajstić information content (AvgIpc) is 3.21. The van der Waals surface area contributed by atoms with E-state index in [0.29, 0.717) is 49.8 Å². The molecule has 1 amide bonds. The van der Waals surface area contributed by atoms with Crippen LogP contribution < -0.4 is 10.9 Å². The van der Waals surface area contributed by atoms with E-state index in [9.17, 15) is 19.7 Å². The quantitative estimate of drug-likeness (QED) is 0.282. The maximum absolute atomic E-state index is 13.4. The van der Waals surface area contributed by atoms with Gasteiger partial charge in [-0.2, -0.15) is 0 Å². The van der Waals surface area contributed by atoms with Crippen LogP contribution in [0.5, 0.6) is 0 Å². The van der Waals surface area contributed by atoms with Gasteiger partial charge in [-0.3, -0.25) is 24.3 Å². The molecule has 0 saturated carbocycles. The molecule has 0 atom stereocenters. The zero-order valence-corrected chi connectivity index (χ0v) is 18.9. The second-order valence-electron chi connectivity index (χ2n) is 7.76. The van der Waals surface area contributed by atoms with Crippen LogP contribution in [0, 0.1) is 17.0 Å². The highest BCUT2D eigenvalue weighted by atomic mass is 35.5. The SMILES string of the molecule is Cc1onc2c1c(=O)n(-c1cccc(CC(=O)Nc3cccc([N+](=O)[O-])c3)n1)c1cccc(Cl)c21. The number of fused-ring (bicyclic) bond motifs is 3. The lowest BCUT2D eigenvalue weighted by atomic mass is 10.1. The number of nitrogens with one attached hydrogen (secondary N) is 1. The van der Waals surface area contributed by atoms with Crippen molar-refractivity contribution < 1.29 is 14.2 Å². The molecule has 0 bridgehead atoms. The van der Waals surface area contributed by atoms with Crippen molar-refractivity contribution in [3.05, 3.63) is 97.6 Å². The smallest absolute Gasteiger partial charge is 0.271 e. The molecule has 35 heavy (non-hydrogen) atoms. The molecule has 10 nitrogen and oxygen atoms in total. The van der Waals surface area contributed by atoms with Gasteiger partial charge in [0.05, 0.1) is 27.6 Å². The van der Waals surface area contributed by atoms with Gasteiger partial charge in [-0.05, 0) is 37.3 Å². The largest absolute Gasteiger partial charge is 0.360 e. The first-order valence-electron chi connectivity index (χ1n) is 10.4. The minimum atomic E-state index is -0.539. The van der Waals surface area contributed by atoms with Gasteiger partial charge in [0, 0.05) is 23.2 Å². The lowest BCUT2D eigenvalue weighted by molar-refractivity contribution is -0.384. The lowest BCUT2D eigenvalue weighted by Crippen LogP contribution is -2.21. The number of halogens is 1. The number of rotatable bonds is 5. The first kappa shape index (κ1) is 22.2. The maximum atomic E-state index is 13.4. The minimum absolute atomic E-state index is 0.113. The molecule has 1 N–H and O–H groups in total. The van der Waals surface area contributed by atoms with E-state index >= 15 is 0 Å². The van der Waals surface area contributed by atoms with Crippen LogP contribution in [0.15, 0.2) is 70.0 Å². The van der Waals surface area contributed by atoms with Crippen LogP contribution in [0.4, 0.5) is 11.4 Å². The van der Waals surface area contributed by atoms with Gasteiger partial charge < -0.3 is 9.84 Å². The molecule has 11 heteroatoms. The van der Waals surface area contributed by atoms with Gasteiger partial charge in [0.15, 0.2) is 0 Å². The summed E-state index contributed by atoms with van der Waals surface area (Å²) in [5.74, 6) is 0.235. The highest BCUT2D eigenvalue weighted by molar-refractivity contribution is 6.37. The normalized spacial score (nSPS) is 11.1. The molecule has 0 aliphatic heterocycles. The number of nitro groups is 1. The number of aromatic nitrogens is 3. The summed E-state index contributed by atoms with van der Waals surface area (Å²) in [6.07, 6.45) is -0.113. The zero-order valence-electron chi connectivity index (χ0n) is 18.2. The number of hydrogen-bond donors (Lipinski definition) is 1. The highest BCUT2D eigenvalue weighted by Crippen LogP contribution is 2.31. The lowest BCUT2D eigenvalue weighted by Gasteiger charge is -2.12. The summed E-state index contributed by atoms with van der Waals surface area (Å²) >= 11 is 6.45. The number of non-ortho nitro benzene ring substituents is 1. The topological polar surface area (TPSA) is 133 Å². The molecule has 3 heterocycles. The number of aryl methyl sites for hydroxylation is 1. The first-order chi connectivity index (χ1) is 16.8. The number of amides is 1. The van der Waals surface area contributed by atoms with E-state index in [1.807, 2.05) is 0 Å². The monoisotopic (exact) mass is 489 g/mol. The van der Waals surface area contributed by atoms with E-state index in [1.54, 1.807) is 49.4 Å². The van der Waals surface area contributed by atoms with Crippen LogP contribution in [-0.2, 0) is 11.2 Å². The molecule has 0 unspecified atom stereocenters.